The Hall–Kier alpha value is -1.75. The predicted molar refractivity (Wildman–Crippen MR) is 85.8 cm³/mol. The summed E-state index contributed by atoms with van der Waals surface area (Å²) in [7, 11) is 0. The zero-order valence-electron chi connectivity index (χ0n) is 13.6. The van der Waals surface area contributed by atoms with Gasteiger partial charge in [0.05, 0.1) is 0 Å². The second kappa shape index (κ2) is 6.57. The minimum Gasteiger partial charge on any atom is -0.508 e. The molecule has 0 spiro atoms. The van der Waals surface area contributed by atoms with Crippen LogP contribution in [0.3, 0.4) is 0 Å². The topological polar surface area (TPSA) is 75.8 Å². The Morgan fingerprint density at radius 3 is 2.73 bits per heavy atom. The molecule has 5 heteroatoms. The fourth-order valence-corrected chi connectivity index (χ4v) is 2.98. The monoisotopic (exact) mass is 306 g/mol. The van der Waals surface area contributed by atoms with Gasteiger partial charge in [-0.3, -0.25) is 0 Å². The molecule has 1 aromatic rings. The maximum Gasteiger partial charge on any atom is 0.410 e. The van der Waals surface area contributed by atoms with Crippen molar-refractivity contribution in [3.8, 4) is 5.75 Å². The molecule has 1 aromatic carbocycles. The first-order chi connectivity index (χ1) is 10.3. The number of aromatic hydroxyl groups is 1. The molecule has 1 aliphatic rings. The van der Waals surface area contributed by atoms with Crippen molar-refractivity contribution in [1.82, 2.24) is 4.90 Å². The molecule has 0 radical (unpaired) electrons. The van der Waals surface area contributed by atoms with Crippen molar-refractivity contribution in [2.24, 2.45) is 11.7 Å². The molecule has 2 rings (SSSR count). The zero-order chi connectivity index (χ0) is 16.3. The molecular weight excluding hydrogens is 280 g/mol. The largest absolute Gasteiger partial charge is 0.508 e. The van der Waals surface area contributed by atoms with E-state index in [1.54, 1.807) is 17.0 Å². The molecule has 0 aliphatic carbocycles. The standard InChI is InChI=1S/C17H26N2O3/c1-17(2,3)22-16(21)19-9-8-12(11-19)14(10-18)13-6-4-5-7-15(13)20/h4-7,12,14,20H,8-11,18H2,1-3H3. The van der Waals surface area contributed by atoms with E-state index in [1.807, 2.05) is 32.9 Å². The Labute approximate surface area is 132 Å². The van der Waals surface area contributed by atoms with Gasteiger partial charge in [-0.25, -0.2) is 4.79 Å². The molecule has 1 fully saturated rings. The van der Waals surface area contributed by atoms with Crippen LogP contribution in [-0.4, -0.2) is 41.3 Å². The van der Waals surface area contributed by atoms with E-state index in [-0.39, 0.29) is 23.7 Å². The lowest BCUT2D eigenvalue weighted by Gasteiger charge is -2.26. The SMILES string of the molecule is CC(C)(C)OC(=O)N1CCC(C(CN)c2ccccc2O)C1. The van der Waals surface area contributed by atoms with Gasteiger partial charge in [0.1, 0.15) is 11.4 Å². The van der Waals surface area contributed by atoms with Crippen LogP contribution in [0.15, 0.2) is 24.3 Å². The van der Waals surface area contributed by atoms with Crippen molar-refractivity contribution in [2.75, 3.05) is 19.6 Å². The van der Waals surface area contributed by atoms with Gasteiger partial charge in [0.15, 0.2) is 0 Å². The Kier molecular flexibility index (Phi) is 4.96. The van der Waals surface area contributed by atoms with E-state index < -0.39 is 5.60 Å². The molecule has 1 heterocycles. The highest BCUT2D eigenvalue weighted by Crippen LogP contribution is 2.35. The number of phenolic OH excluding ortho intramolecular Hbond substituents is 1. The van der Waals surface area contributed by atoms with Crippen LogP contribution < -0.4 is 5.73 Å². The summed E-state index contributed by atoms with van der Waals surface area (Å²) in [4.78, 5) is 13.9. The minimum absolute atomic E-state index is 0.0497. The first-order valence-electron chi connectivity index (χ1n) is 7.77. The molecule has 0 bridgehead atoms. The van der Waals surface area contributed by atoms with E-state index in [2.05, 4.69) is 0 Å². The fraction of sp³-hybridized carbons (Fsp3) is 0.588. The van der Waals surface area contributed by atoms with Gasteiger partial charge in [0, 0.05) is 19.0 Å². The average Bonchev–Trinajstić information content (AvgIpc) is 2.89. The fourth-order valence-electron chi connectivity index (χ4n) is 2.98. The van der Waals surface area contributed by atoms with Gasteiger partial charge in [-0.05, 0) is 51.3 Å². The van der Waals surface area contributed by atoms with Gasteiger partial charge in [0.25, 0.3) is 0 Å². The number of carbonyl (C=O) groups is 1. The number of likely N-dealkylation sites (tertiary alicyclic amines) is 1. The van der Waals surface area contributed by atoms with Gasteiger partial charge < -0.3 is 20.5 Å². The quantitative estimate of drug-likeness (QED) is 0.900. The number of rotatable bonds is 3. The van der Waals surface area contributed by atoms with Crippen LogP contribution in [0.2, 0.25) is 0 Å². The molecule has 122 valence electrons. The minimum atomic E-state index is -0.486. The highest BCUT2D eigenvalue weighted by atomic mass is 16.6. The smallest absolute Gasteiger partial charge is 0.410 e. The molecule has 5 nitrogen and oxygen atoms in total. The molecule has 3 N–H and O–H groups in total. The molecule has 1 saturated heterocycles. The lowest BCUT2D eigenvalue weighted by atomic mass is 9.85. The van der Waals surface area contributed by atoms with E-state index in [9.17, 15) is 9.90 Å². The second-order valence-electron chi connectivity index (χ2n) is 6.88. The lowest BCUT2D eigenvalue weighted by Crippen LogP contribution is -2.36. The number of para-hydroxylation sites is 1. The van der Waals surface area contributed by atoms with E-state index >= 15 is 0 Å². The van der Waals surface area contributed by atoms with Crippen LogP contribution in [0.1, 0.15) is 38.7 Å². The summed E-state index contributed by atoms with van der Waals surface area (Å²) in [5, 5.41) is 10.0. The molecule has 1 amide bonds. The van der Waals surface area contributed by atoms with E-state index in [1.165, 1.54) is 0 Å². The van der Waals surface area contributed by atoms with E-state index in [4.69, 9.17) is 10.5 Å². The normalized spacial score (nSPS) is 20.0. The third-order valence-electron chi connectivity index (χ3n) is 4.04. The van der Waals surface area contributed by atoms with Crippen LogP contribution >= 0.6 is 0 Å². The van der Waals surface area contributed by atoms with Gasteiger partial charge in [-0.15, -0.1) is 0 Å². The molecular formula is C17H26N2O3. The van der Waals surface area contributed by atoms with Crippen molar-refractivity contribution in [2.45, 2.75) is 38.7 Å². The number of hydrogen-bond donors (Lipinski definition) is 2. The van der Waals surface area contributed by atoms with Crippen molar-refractivity contribution in [3.05, 3.63) is 29.8 Å². The van der Waals surface area contributed by atoms with Crippen molar-refractivity contribution >= 4 is 6.09 Å². The lowest BCUT2D eigenvalue weighted by molar-refractivity contribution is 0.0286. The predicted octanol–water partition coefficient (Wildman–Crippen LogP) is 2.69. The average molecular weight is 306 g/mol. The molecule has 0 aromatic heterocycles. The Morgan fingerprint density at radius 1 is 1.45 bits per heavy atom. The van der Waals surface area contributed by atoms with Gasteiger partial charge >= 0.3 is 6.09 Å². The highest BCUT2D eigenvalue weighted by molar-refractivity contribution is 5.68. The van der Waals surface area contributed by atoms with Crippen LogP contribution in [-0.2, 0) is 4.74 Å². The Balaban J connectivity index is 2.05. The van der Waals surface area contributed by atoms with Crippen molar-refractivity contribution in [1.29, 1.82) is 0 Å². The Bertz CT molecular complexity index is 525. The summed E-state index contributed by atoms with van der Waals surface area (Å²) in [5.41, 5.74) is 6.31. The number of benzene rings is 1. The number of ether oxygens (including phenoxy) is 1. The second-order valence-corrected chi connectivity index (χ2v) is 6.88. The maximum absolute atomic E-state index is 12.1. The number of amides is 1. The summed E-state index contributed by atoms with van der Waals surface area (Å²) in [6.07, 6.45) is 0.596. The van der Waals surface area contributed by atoms with E-state index in [0.29, 0.717) is 19.6 Å². The van der Waals surface area contributed by atoms with Crippen LogP contribution in [0.4, 0.5) is 4.79 Å². The molecule has 2 atom stereocenters. The van der Waals surface area contributed by atoms with Gasteiger partial charge in [0.2, 0.25) is 0 Å². The van der Waals surface area contributed by atoms with Crippen LogP contribution in [0.5, 0.6) is 5.75 Å². The summed E-state index contributed by atoms with van der Waals surface area (Å²) >= 11 is 0. The highest BCUT2D eigenvalue weighted by Gasteiger charge is 2.34. The number of carbonyl (C=O) groups excluding carboxylic acids is 1. The summed E-state index contributed by atoms with van der Waals surface area (Å²) in [6, 6.07) is 7.29. The molecule has 2 unspecified atom stereocenters. The zero-order valence-corrected chi connectivity index (χ0v) is 13.6. The number of hydrogen-bond acceptors (Lipinski definition) is 4. The summed E-state index contributed by atoms with van der Waals surface area (Å²) in [5.74, 6) is 0.563. The third-order valence-corrected chi connectivity index (χ3v) is 4.04. The summed E-state index contributed by atoms with van der Waals surface area (Å²) in [6.45, 7) is 7.33. The molecule has 0 saturated carbocycles. The third kappa shape index (κ3) is 3.91. The molecule has 1 aliphatic heterocycles. The van der Waals surface area contributed by atoms with E-state index in [0.717, 1.165) is 12.0 Å². The van der Waals surface area contributed by atoms with Crippen LogP contribution in [0, 0.1) is 5.92 Å². The van der Waals surface area contributed by atoms with Gasteiger partial charge in [-0.2, -0.15) is 0 Å². The first kappa shape index (κ1) is 16.6. The molecule has 22 heavy (non-hydrogen) atoms. The number of nitrogens with zero attached hydrogens (tertiary/aromatic N) is 1. The number of phenols is 1. The van der Waals surface area contributed by atoms with Crippen molar-refractivity contribution in [3.63, 3.8) is 0 Å². The number of nitrogens with two attached hydrogens (primary N) is 1. The Morgan fingerprint density at radius 2 is 2.14 bits per heavy atom. The van der Waals surface area contributed by atoms with Crippen LogP contribution in [0.25, 0.3) is 0 Å². The first-order valence-corrected chi connectivity index (χ1v) is 7.77. The maximum atomic E-state index is 12.1. The van der Waals surface area contributed by atoms with Crippen molar-refractivity contribution < 1.29 is 14.6 Å². The summed E-state index contributed by atoms with van der Waals surface area (Å²) < 4.78 is 5.42. The van der Waals surface area contributed by atoms with Gasteiger partial charge in [-0.1, -0.05) is 18.2 Å².